The summed E-state index contributed by atoms with van der Waals surface area (Å²) in [6, 6.07) is 0. The molecule has 1 aromatic rings. The fourth-order valence-corrected chi connectivity index (χ4v) is 1.38. The first-order valence-corrected chi connectivity index (χ1v) is 5.99. The fraction of sp³-hybridized carbons (Fsp3) is 0.667. The molecule has 0 aliphatic rings. The number of rotatable bonds is 6. The van der Waals surface area contributed by atoms with Crippen LogP contribution in [0.1, 0.15) is 27.2 Å². The SMILES string of the molecule is CCCn1ccnc(NCC(C)(C)CN)c1=O. The van der Waals surface area contributed by atoms with Gasteiger partial charge in [-0.1, -0.05) is 20.8 Å². The third kappa shape index (κ3) is 3.85. The van der Waals surface area contributed by atoms with Crippen molar-refractivity contribution in [3.05, 3.63) is 22.7 Å². The van der Waals surface area contributed by atoms with Crippen LogP contribution in [0.25, 0.3) is 0 Å². The van der Waals surface area contributed by atoms with E-state index in [1.807, 2.05) is 20.8 Å². The molecule has 0 bridgehead atoms. The van der Waals surface area contributed by atoms with E-state index in [2.05, 4.69) is 10.3 Å². The number of nitrogens with one attached hydrogen (secondary N) is 1. The van der Waals surface area contributed by atoms with Crippen molar-refractivity contribution in [1.29, 1.82) is 0 Å². The Kier molecular flexibility index (Phi) is 4.69. The predicted molar refractivity (Wildman–Crippen MR) is 70.1 cm³/mol. The van der Waals surface area contributed by atoms with Crippen LogP contribution in [0.5, 0.6) is 0 Å². The Morgan fingerprint density at radius 3 is 2.82 bits per heavy atom. The van der Waals surface area contributed by atoms with Crippen LogP contribution in [0.2, 0.25) is 0 Å². The molecular weight excluding hydrogens is 216 g/mol. The molecule has 96 valence electrons. The molecule has 0 aliphatic carbocycles. The second-order valence-electron chi connectivity index (χ2n) is 5.00. The highest BCUT2D eigenvalue weighted by atomic mass is 16.1. The van der Waals surface area contributed by atoms with Crippen molar-refractivity contribution in [2.45, 2.75) is 33.7 Å². The Balaban J connectivity index is 2.79. The number of hydrogen-bond donors (Lipinski definition) is 2. The Morgan fingerprint density at radius 1 is 1.53 bits per heavy atom. The molecule has 5 heteroatoms. The third-order valence-electron chi connectivity index (χ3n) is 2.67. The summed E-state index contributed by atoms with van der Waals surface area (Å²) in [6.45, 7) is 8.06. The van der Waals surface area contributed by atoms with Crippen LogP contribution in [0.3, 0.4) is 0 Å². The first kappa shape index (κ1) is 13.7. The van der Waals surface area contributed by atoms with Crippen molar-refractivity contribution < 1.29 is 0 Å². The molecular formula is C12H22N4O. The molecule has 0 unspecified atom stereocenters. The van der Waals surface area contributed by atoms with Gasteiger partial charge in [0.25, 0.3) is 5.56 Å². The number of anilines is 1. The average molecular weight is 238 g/mol. The van der Waals surface area contributed by atoms with Gasteiger partial charge >= 0.3 is 0 Å². The van der Waals surface area contributed by atoms with E-state index in [4.69, 9.17) is 5.73 Å². The highest BCUT2D eigenvalue weighted by Gasteiger charge is 2.16. The zero-order valence-electron chi connectivity index (χ0n) is 10.9. The summed E-state index contributed by atoms with van der Waals surface area (Å²) >= 11 is 0. The lowest BCUT2D eigenvalue weighted by Gasteiger charge is -2.22. The lowest BCUT2D eigenvalue weighted by Crippen LogP contribution is -2.34. The molecule has 3 N–H and O–H groups in total. The molecule has 5 nitrogen and oxygen atoms in total. The topological polar surface area (TPSA) is 72.9 Å². The summed E-state index contributed by atoms with van der Waals surface area (Å²) in [5, 5.41) is 3.08. The number of nitrogens with two attached hydrogens (primary N) is 1. The smallest absolute Gasteiger partial charge is 0.293 e. The van der Waals surface area contributed by atoms with E-state index in [0.29, 0.717) is 18.9 Å². The number of aryl methyl sites for hydroxylation is 1. The summed E-state index contributed by atoms with van der Waals surface area (Å²) in [5.74, 6) is 0.405. The van der Waals surface area contributed by atoms with Crippen LogP contribution in [0.15, 0.2) is 17.2 Å². The number of hydrogen-bond acceptors (Lipinski definition) is 4. The van der Waals surface area contributed by atoms with Gasteiger partial charge in [-0.05, 0) is 18.4 Å². The minimum absolute atomic E-state index is 0.0421. The molecule has 0 amide bonds. The summed E-state index contributed by atoms with van der Waals surface area (Å²) in [5.41, 5.74) is 5.53. The van der Waals surface area contributed by atoms with Crippen LogP contribution < -0.4 is 16.6 Å². The van der Waals surface area contributed by atoms with Gasteiger partial charge < -0.3 is 15.6 Å². The van der Waals surface area contributed by atoms with Gasteiger partial charge in [0, 0.05) is 25.5 Å². The molecule has 0 radical (unpaired) electrons. The lowest BCUT2D eigenvalue weighted by atomic mass is 9.94. The number of aromatic nitrogens is 2. The van der Waals surface area contributed by atoms with Gasteiger partial charge in [0.2, 0.25) is 0 Å². The second-order valence-corrected chi connectivity index (χ2v) is 5.00. The zero-order valence-corrected chi connectivity index (χ0v) is 10.9. The van der Waals surface area contributed by atoms with Crippen LogP contribution in [-0.2, 0) is 6.54 Å². The maximum atomic E-state index is 12.0. The van der Waals surface area contributed by atoms with Crippen LogP contribution in [0.4, 0.5) is 5.82 Å². The first-order valence-electron chi connectivity index (χ1n) is 5.99. The van der Waals surface area contributed by atoms with Crippen LogP contribution in [-0.4, -0.2) is 22.6 Å². The standard InChI is InChI=1S/C12H22N4O/c1-4-6-16-7-5-14-10(11(16)17)15-9-12(2,3)8-13/h5,7H,4,6,8-9,13H2,1-3H3,(H,14,15). The monoisotopic (exact) mass is 238 g/mol. The molecule has 0 spiro atoms. The normalized spacial score (nSPS) is 11.5. The van der Waals surface area contributed by atoms with Crippen molar-refractivity contribution in [3.63, 3.8) is 0 Å². The summed E-state index contributed by atoms with van der Waals surface area (Å²) in [7, 11) is 0. The first-order chi connectivity index (χ1) is 8.00. The lowest BCUT2D eigenvalue weighted by molar-refractivity contribution is 0.405. The van der Waals surface area contributed by atoms with Gasteiger partial charge in [-0.25, -0.2) is 4.98 Å². The Bertz CT molecular complexity index is 411. The van der Waals surface area contributed by atoms with Gasteiger partial charge in [0.1, 0.15) is 0 Å². The van der Waals surface area contributed by atoms with E-state index in [-0.39, 0.29) is 11.0 Å². The highest BCUT2D eigenvalue weighted by Crippen LogP contribution is 2.12. The molecule has 0 saturated heterocycles. The van der Waals surface area contributed by atoms with Gasteiger partial charge in [-0.15, -0.1) is 0 Å². The predicted octanol–water partition coefficient (Wildman–Crippen LogP) is 1.05. The van der Waals surface area contributed by atoms with E-state index in [1.54, 1.807) is 17.0 Å². The van der Waals surface area contributed by atoms with E-state index < -0.39 is 0 Å². The van der Waals surface area contributed by atoms with E-state index in [1.165, 1.54) is 0 Å². The Morgan fingerprint density at radius 2 is 2.24 bits per heavy atom. The van der Waals surface area contributed by atoms with Crippen molar-refractivity contribution in [2.24, 2.45) is 11.1 Å². The zero-order chi connectivity index (χ0) is 12.9. The quantitative estimate of drug-likeness (QED) is 0.777. The minimum atomic E-state index is -0.0674. The van der Waals surface area contributed by atoms with Gasteiger partial charge in [-0.2, -0.15) is 0 Å². The summed E-state index contributed by atoms with van der Waals surface area (Å²) in [6.07, 6.45) is 4.29. The van der Waals surface area contributed by atoms with Crippen LogP contribution in [0, 0.1) is 5.41 Å². The summed E-state index contributed by atoms with van der Waals surface area (Å²) in [4.78, 5) is 16.0. The number of nitrogens with zero attached hydrogens (tertiary/aromatic N) is 2. The van der Waals surface area contributed by atoms with Crippen molar-refractivity contribution in [2.75, 3.05) is 18.4 Å². The Hall–Kier alpha value is -1.36. The molecule has 0 fully saturated rings. The fourth-order valence-electron chi connectivity index (χ4n) is 1.38. The molecule has 0 atom stereocenters. The average Bonchev–Trinajstić information content (AvgIpc) is 2.31. The van der Waals surface area contributed by atoms with E-state index in [0.717, 1.165) is 13.0 Å². The molecule has 1 aromatic heterocycles. The molecule has 0 aliphatic heterocycles. The maximum absolute atomic E-state index is 12.0. The van der Waals surface area contributed by atoms with E-state index in [9.17, 15) is 4.79 Å². The van der Waals surface area contributed by atoms with Gasteiger partial charge in [-0.3, -0.25) is 4.79 Å². The van der Waals surface area contributed by atoms with Crippen molar-refractivity contribution >= 4 is 5.82 Å². The second kappa shape index (κ2) is 5.82. The van der Waals surface area contributed by atoms with Crippen molar-refractivity contribution in [1.82, 2.24) is 9.55 Å². The van der Waals surface area contributed by atoms with Gasteiger partial charge in [0.15, 0.2) is 5.82 Å². The van der Waals surface area contributed by atoms with Crippen molar-refractivity contribution in [3.8, 4) is 0 Å². The largest absolute Gasteiger partial charge is 0.365 e. The van der Waals surface area contributed by atoms with Crippen LogP contribution >= 0.6 is 0 Å². The molecule has 0 aromatic carbocycles. The molecule has 1 rings (SSSR count). The van der Waals surface area contributed by atoms with E-state index >= 15 is 0 Å². The highest BCUT2D eigenvalue weighted by molar-refractivity contribution is 5.31. The third-order valence-corrected chi connectivity index (χ3v) is 2.67. The molecule has 17 heavy (non-hydrogen) atoms. The molecule has 0 saturated carbocycles. The van der Waals surface area contributed by atoms with Gasteiger partial charge in [0.05, 0.1) is 0 Å². The minimum Gasteiger partial charge on any atom is -0.365 e. The maximum Gasteiger partial charge on any atom is 0.293 e. The Labute approximate surface area is 102 Å². The molecule has 1 heterocycles. The summed E-state index contributed by atoms with van der Waals surface area (Å²) < 4.78 is 1.67.